The predicted molar refractivity (Wildman–Crippen MR) is 157 cm³/mol. The summed E-state index contributed by atoms with van der Waals surface area (Å²) in [4.78, 5) is 0. The normalized spacial score (nSPS) is 14.0. The van der Waals surface area contributed by atoms with Gasteiger partial charge in [0.05, 0.1) is 0 Å². The molecule has 0 aliphatic carbocycles. The average Bonchev–Trinajstić information content (AvgIpc) is 2.88. The van der Waals surface area contributed by atoms with E-state index in [-0.39, 0.29) is 5.92 Å². The largest absolute Gasteiger partial charge is 0.399 e. The Balaban J connectivity index is 1.87. The minimum atomic E-state index is -0.767. The molecule has 36 heavy (non-hydrogen) atoms. The van der Waals surface area contributed by atoms with Crippen LogP contribution in [0.4, 0.5) is 15.8 Å². The molecule has 0 aliphatic rings. The second-order valence-corrected chi connectivity index (χ2v) is 10.8. The number of rotatable bonds is 20. The van der Waals surface area contributed by atoms with Crippen molar-refractivity contribution in [2.24, 2.45) is 0 Å². The van der Waals surface area contributed by atoms with Crippen molar-refractivity contribution >= 4 is 11.4 Å². The fourth-order valence-corrected chi connectivity index (χ4v) is 5.44. The first-order chi connectivity index (χ1) is 17.5. The summed E-state index contributed by atoms with van der Waals surface area (Å²) in [5.74, 6) is 0.589. The van der Waals surface area contributed by atoms with Crippen molar-refractivity contribution in [3.8, 4) is 0 Å². The molecule has 2 rings (SSSR count). The lowest BCUT2D eigenvalue weighted by Crippen LogP contribution is -2.14. The van der Waals surface area contributed by atoms with Crippen LogP contribution in [0.25, 0.3) is 0 Å². The zero-order valence-electron chi connectivity index (χ0n) is 23.2. The lowest BCUT2D eigenvalue weighted by Gasteiger charge is -2.22. The van der Waals surface area contributed by atoms with E-state index in [1.165, 1.54) is 69.8 Å². The van der Waals surface area contributed by atoms with Crippen LogP contribution in [0.5, 0.6) is 0 Å². The third kappa shape index (κ3) is 11.8. The highest BCUT2D eigenvalue weighted by Gasteiger charge is 2.22. The van der Waals surface area contributed by atoms with Crippen molar-refractivity contribution in [3.63, 3.8) is 0 Å². The predicted octanol–water partition coefficient (Wildman–Crippen LogP) is 10.3. The van der Waals surface area contributed by atoms with Crippen molar-refractivity contribution in [3.05, 3.63) is 59.7 Å². The number of benzene rings is 2. The van der Waals surface area contributed by atoms with Crippen LogP contribution in [-0.2, 0) is 0 Å². The molecule has 0 radical (unpaired) electrons. The highest BCUT2D eigenvalue weighted by atomic mass is 19.1. The summed E-state index contributed by atoms with van der Waals surface area (Å²) in [6, 6.07) is 16.4. The SMILES string of the molecule is CCCCCCCC(CCCCCC(c1ccc(N)cc1)C(F)CCCCCC)c1ccc(N)cc1. The summed E-state index contributed by atoms with van der Waals surface area (Å²) in [6.45, 7) is 4.47. The van der Waals surface area contributed by atoms with E-state index >= 15 is 4.39 Å². The van der Waals surface area contributed by atoms with Crippen LogP contribution >= 0.6 is 0 Å². The van der Waals surface area contributed by atoms with Gasteiger partial charge >= 0.3 is 0 Å². The Morgan fingerprint density at radius 2 is 0.944 bits per heavy atom. The molecule has 0 amide bonds. The first-order valence-electron chi connectivity index (χ1n) is 14.9. The number of alkyl halides is 1. The van der Waals surface area contributed by atoms with Gasteiger partial charge in [-0.15, -0.1) is 0 Å². The van der Waals surface area contributed by atoms with E-state index in [1.807, 2.05) is 36.4 Å². The number of unbranched alkanes of at least 4 members (excludes halogenated alkanes) is 9. The van der Waals surface area contributed by atoms with Crippen molar-refractivity contribution in [1.29, 1.82) is 0 Å². The Morgan fingerprint density at radius 3 is 1.50 bits per heavy atom. The molecule has 3 atom stereocenters. The third-order valence-corrected chi connectivity index (χ3v) is 7.77. The van der Waals surface area contributed by atoms with Crippen molar-refractivity contribution in [1.82, 2.24) is 0 Å². The van der Waals surface area contributed by atoms with Crippen LogP contribution in [0.2, 0.25) is 0 Å². The number of hydrogen-bond acceptors (Lipinski definition) is 2. The number of nitrogens with two attached hydrogens (primary N) is 2. The van der Waals surface area contributed by atoms with Gasteiger partial charge in [0.2, 0.25) is 0 Å². The standard InChI is InChI=1S/C33H53FN2/c1-3-5-7-9-11-15-27(28-19-23-30(35)24-20-28)16-12-10-13-17-32(29-21-25-31(36)26-22-29)33(34)18-14-8-6-4-2/h19-27,32-33H,3-18,35-36H2,1-2H3. The molecule has 2 aromatic carbocycles. The maximum absolute atomic E-state index is 15.4. The Hall–Kier alpha value is -2.03. The zero-order valence-corrected chi connectivity index (χ0v) is 23.2. The summed E-state index contributed by atoms with van der Waals surface area (Å²) in [5, 5.41) is 0. The second-order valence-electron chi connectivity index (χ2n) is 10.8. The van der Waals surface area contributed by atoms with Crippen LogP contribution in [0, 0.1) is 0 Å². The molecular formula is C33H53FN2. The van der Waals surface area contributed by atoms with Gasteiger partial charge in [0, 0.05) is 17.3 Å². The number of halogens is 1. The van der Waals surface area contributed by atoms with Crippen LogP contribution in [0.3, 0.4) is 0 Å². The van der Waals surface area contributed by atoms with E-state index in [4.69, 9.17) is 11.5 Å². The number of anilines is 2. The minimum absolute atomic E-state index is 0.0151. The first kappa shape index (κ1) is 30.2. The first-order valence-corrected chi connectivity index (χ1v) is 14.9. The minimum Gasteiger partial charge on any atom is -0.399 e. The quantitative estimate of drug-likeness (QED) is 0.141. The molecule has 0 saturated carbocycles. The summed E-state index contributed by atoms with van der Waals surface area (Å²) in [6.07, 6.45) is 17.9. The van der Waals surface area contributed by atoms with Crippen LogP contribution < -0.4 is 11.5 Å². The molecule has 4 N–H and O–H groups in total. The highest BCUT2D eigenvalue weighted by molar-refractivity contribution is 5.41. The monoisotopic (exact) mass is 496 g/mol. The molecular weight excluding hydrogens is 443 g/mol. The topological polar surface area (TPSA) is 52.0 Å². The van der Waals surface area contributed by atoms with E-state index in [0.29, 0.717) is 12.3 Å². The Morgan fingerprint density at radius 1 is 0.528 bits per heavy atom. The van der Waals surface area contributed by atoms with E-state index in [9.17, 15) is 0 Å². The van der Waals surface area contributed by atoms with Crippen molar-refractivity contribution in [2.45, 2.75) is 135 Å². The van der Waals surface area contributed by atoms with Gasteiger partial charge in [0.1, 0.15) is 6.17 Å². The Labute approximate surface area is 221 Å². The van der Waals surface area contributed by atoms with Gasteiger partial charge in [-0.1, -0.05) is 115 Å². The van der Waals surface area contributed by atoms with Crippen LogP contribution in [0.15, 0.2) is 48.5 Å². The Bertz CT molecular complexity index is 786. The van der Waals surface area contributed by atoms with Gasteiger partial charge in [-0.25, -0.2) is 4.39 Å². The fraction of sp³-hybridized carbons (Fsp3) is 0.636. The molecule has 3 heteroatoms. The summed E-state index contributed by atoms with van der Waals surface area (Å²) < 4.78 is 15.4. The summed E-state index contributed by atoms with van der Waals surface area (Å²) in [5.41, 5.74) is 16.0. The average molecular weight is 497 g/mol. The lowest BCUT2D eigenvalue weighted by atomic mass is 9.85. The van der Waals surface area contributed by atoms with Gasteiger partial charge in [-0.3, -0.25) is 0 Å². The molecule has 0 bridgehead atoms. The molecule has 2 aromatic rings. The molecule has 0 saturated heterocycles. The molecule has 3 unspecified atom stereocenters. The number of nitrogen functional groups attached to an aromatic ring is 2. The summed E-state index contributed by atoms with van der Waals surface area (Å²) in [7, 11) is 0. The van der Waals surface area contributed by atoms with E-state index in [1.54, 1.807) is 0 Å². The van der Waals surface area contributed by atoms with Gasteiger partial charge in [-0.2, -0.15) is 0 Å². The molecule has 0 aliphatic heterocycles. The van der Waals surface area contributed by atoms with E-state index in [0.717, 1.165) is 49.0 Å². The smallest absolute Gasteiger partial charge is 0.107 e. The molecule has 0 heterocycles. The zero-order chi connectivity index (χ0) is 26.0. The maximum Gasteiger partial charge on any atom is 0.107 e. The van der Waals surface area contributed by atoms with Gasteiger partial charge < -0.3 is 11.5 Å². The molecule has 2 nitrogen and oxygen atoms in total. The lowest BCUT2D eigenvalue weighted by molar-refractivity contribution is 0.245. The van der Waals surface area contributed by atoms with Gasteiger partial charge in [-0.05, 0) is 67.0 Å². The highest BCUT2D eigenvalue weighted by Crippen LogP contribution is 2.33. The second kappa shape index (κ2) is 18.3. The molecule has 0 aromatic heterocycles. The van der Waals surface area contributed by atoms with E-state index in [2.05, 4.69) is 26.0 Å². The van der Waals surface area contributed by atoms with Crippen molar-refractivity contribution < 1.29 is 4.39 Å². The molecule has 0 fully saturated rings. The molecule has 0 spiro atoms. The van der Waals surface area contributed by atoms with Gasteiger partial charge in [0.25, 0.3) is 0 Å². The Kier molecular flexibility index (Phi) is 15.3. The van der Waals surface area contributed by atoms with Crippen LogP contribution in [-0.4, -0.2) is 6.17 Å². The summed E-state index contributed by atoms with van der Waals surface area (Å²) >= 11 is 0. The fourth-order valence-electron chi connectivity index (χ4n) is 5.44. The van der Waals surface area contributed by atoms with Crippen LogP contribution in [0.1, 0.15) is 140 Å². The van der Waals surface area contributed by atoms with Gasteiger partial charge in [0.15, 0.2) is 0 Å². The third-order valence-electron chi connectivity index (χ3n) is 7.77. The number of hydrogen-bond donors (Lipinski definition) is 2. The molecule has 202 valence electrons. The van der Waals surface area contributed by atoms with Crippen molar-refractivity contribution in [2.75, 3.05) is 11.5 Å². The maximum atomic E-state index is 15.4. The van der Waals surface area contributed by atoms with E-state index < -0.39 is 6.17 Å².